The summed E-state index contributed by atoms with van der Waals surface area (Å²) in [6.45, 7) is 0. The average Bonchev–Trinajstić information content (AvgIpc) is 2.94. The summed E-state index contributed by atoms with van der Waals surface area (Å²) in [5.41, 5.74) is 1.39. The fourth-order valence-corrected chi connectivity index (χ4v) is 5.12. The largest absolute Gasteiger partial charge is 0.327 e. The van der Waals surface area contributed by atoms with Gasteiger partial charge in [-0.1, -0.05) is 65.3 Å². The molecule has 4 rings (SSSR count). The Balaban J connectivity index is 1.62. The van der Waals surface area contributed by atoms with Gasteiger partial charge in [0.05, 0.1) is 18.5 Å². The summed E-state index contributed by atoms with van der Waals surface area (Å²) in [6, 6.07) is 13.5. The van der Waals surface area contributed by atoms with E-state index in [1.54, 1.807) is 41.3 Å². The van der Waals surface area contributed by atoms with Crippen LogP contribution in [0.25, 0.3) is 0 Å². The molecule has 2 fully saturated rings. The third-order valence-corrected chi connectivity index (χ3v) is 7.10. The molecule has 1 saturated carbocycles. The quantitative estimate of drug-likeness (QED) is 0.387. The molecule has 0 radical (unpaired) electrons. The Labute approximate surface area is 201 Å². The molecule has 0 N–H and O–H groups in total. The molecule has 32 heavy (non-hydrogen) atoms. The lowest BCUT2D eigenvalue weighted by Gasteiger charge is -2.35. The molecule has 2 aromatic rings. The maximum Gasteiger partial charge on any atom is 0.257 e. The predicted molar refractivity (Wildman–Crippen MR) is 129 cm³/mol. The number of rotatable bonds is 5. The van der Waals surface area contributed by atoms with Crippen LogP contribution in [-0.4, -0.2) is 34.7 Å². The van der Waals surface area contributed by atoms with Crippen molar-refractivity contribution in [3.8, 4) is 0 Å². The average molecular weight is 518 g/mol. The molecule has 1 unspecified atom stereocenters. The van der Waals surface area contributed by atoms with E-state index in [2.05, 4.69) is 15.9 Å². The standard InChI is InChI=1S/C25H26BrClN2O3/c26-18-9-13-21(14-10-18)29-24(31)16-22(25(29)32)28(20-5-3-1-2-4-6-20)23(30)15-17-7-11-19(27)12-8-17/h7-14,20,22H,1-6,15-16H2. The maximum atomic E-state index is 13.5. The molecule has 3 amide bonds. The second kappa shape index (κ2) is 10.2. The molecule has 1 saturated heterocycles. The van der Waals surface area contributed by atoms with E-state index in [0.29, 0.717) is 10.7 Å². The molecule has 5 nitrogen and oxygen atoms in total. The van der Waals surface area contributed by atoms with Crippen molar-refractivity contribution in [1.82, 2.24) is 4.90 Å². The van der Waals surface area contributed by atoms with Crippen LogP contribution >= 0.6 is 27.5 Å². The van der Waals surface area contributed by atoms with E-state index in [-0.39, 0.29) is 36.6 Å². The molecule has 168 valence electrons. The first-order chi connectivity index (χ1) is 15.4. The fraction of sp³-hybridized carbons (Fsp3) is 0.400. The second-order valence-corrected chi connectivity index (χ2v) is 9.87. The molecule has 2 aromatic carbocycles. The van der Waals surface area contributed by atoms with Crippen molar-refractivity contribution in [2.75, 3.05) is 4.90 Å². The second-order valence-electron chi connectivity index (χ2n) is 8.51. The molecular weight excluding hydrogens is 492 g/mol. The Morgan fingerprint density at radius 1 is 0.969 bits per heavy atom. The van der Waals surface area contributed by atoms with Crippen molar-refractivity contribution in [1.29, 1.82) is 0 Å². The van der Waals surface area contributed by atoms with E-state index in [1.807, 2.05) is 12.1 Å². The first kappa shape index (κ1) is 23.0. The Kier molecular flexibility index (Phi) is 7.31. The van der Waals surface area contributed by atoms with Gasteiger partial charge in [-0.05, 0) is 54.8 Å². The van der Waals surface area contributed by atoms with Gasteiger partial charge in [0.25, 0.3) is 5.91 Å². The van der Waals surface area contributed by atoms with E-state index >= 15 is 0 Å². The van der Waals surface area contributed by atoms with Crippen LogP contribution < -0.4 is 4.90 Å². The van der Waals surface area contributed by atoms with Gasteiger partial charge in [0, 0.05) is 15.5 Å². The molecule has 0 bridgehead atoms. The minimum atomic E-state index is -0.756. The number of hydrogen-bond donors (Lipinski definition) is 0. The number of nitrogens with zero attached hydrogens (tertiary/aromatic N) is 2. The van der Waals surface area contributed by atoms with Crippen LogP contribution in [-0.2, 0) is 20.8 Å². The van der Waals surface area contributed by atoms with Gasteiger partial charge in [-0.25, -0.2) is 4.90 Å². The highest BCUT2D eigenvalue weighted by molar-refractivity contribution is 9.10. The molecular formula is C25H26BrClN2O3. The number of amides is 3. The number of anilines is 1. The third-order valence-electron chi connectivity index (χ3n) is 6.32. The number of carbonyl (C=O) groups is 3. The number of imide groups is 1. The van der Waals surface area contributed by atoms with Crippen LogP contribution in [0.4, 0.5) is 5.69 Å². The fourth-order valence-electron chi connectivity index (χ4n) is 4.73. The highest BCUT2D eigenvalue weighted by Gasteiger charge is 2.46. The van der Waals surface area contributed by atoms with Crippen LogP contribution in [0, 0.1) is 0 Å². The summed E-state index contributed by atoms with van der Waals surface area (Å²) in [5, 5.41) is 0.614. The highest BCUT2D eigenvalue weighted by atomic mass is 79.9. The summed E-state index contributed by atoms with van der Waals surface area (Å²) < 4.78 is 0.870. The van der Waals surface area contributed by atoms with Gasteiger partial charge in [-0.2, -0.15) is 0 Å². The van der Waals surface area contributed by atoms with Gasteiger partial charge < -0.3 is 4.90 Å². The molecule has 1 heterocycles. The molecule has 0 spiro atoms. The van der Waals surface area contributed by atoms with Gasteiger partial charge in [-0.3, -0.25) is 14.4 Å². The first-order valence-electron chi connectivity index (χ1n) is 11.1. The maximum absolute atomic E-state index is 13.5. The van der Waals surface area contributed by atoms with Gasteiger partial charge in [-0.15, -0.1) is 0 Å². The number of halogens is 2. The van der Waals surface area contributed by atoms with Crippen LogP contribution in [0.15, 0.2) is 53.0 Å². The van der Waals surface area contributed by atoms with E-state index in [1.165, 1.54) is 4.90 Å². The van der Waals surface area contributed by atoms with Crippen molar-refractivity contribution in [3.05, 3.63) is 63.6 Å². The Hall–Kier alpha value is -2.18. The summed E-state index contributed by atoms with van der Waals surface area (Å²) in [4.78, 5) is 42.9. The van der Waals surface area contributed by atoms with Crippen LogP contribution in [0.5, 0.6) is 0 Å². The highest BCUT2D eigenvalue weighted by Crippen LogP contribution is 2.31. The number of hydrogen-bond acceptors (Lipinski definition) is 3. The zero-order chi connectivity index (χ0) is 22.7. The lowest BCUT2D eigenvalue weighted by atomic mass is 10.0. The predicted octanol–water partition coefficient (Wildman–Crippen LogP) is 5.53. The van der Waals surface area contributed by atoms with E-state index < -0.39 is 6.04 Å². The number of benzene rings is 2. The summed E-state index contributed by atoms with van der Waals surface area (Å²) in [7, 11) is 0. The van der Waals surface area contributed by atoms with Crippen LogP contribution in [0.1, 0.15) is 50.5 Å². The SMILES string of the molecule is O=C1CC(N(C(=O)Cc2ccc(Cl)cc2)C2CCCCCC2)C(=O)N1c1ccc(Br)cc1. The van der Waals surface area contributed by atoms with Gasteiger partial charge in [0.2, 0.25) is 11.8 Å². The van der Waals surface area contributed by atoms with E-state index in [9.17, 15) is 14.4 Å². The summed E-state index contributed by atoms with van der Waals surface area (Å²) in [5.74, 6) is -0.686. The molecule has 0 aromatic heterocycles. The summed E-state index contributed by atoms with van der Waals surface area (Å²) in [6.07, 6.45) is 6.27. The topological polar surface area (TPSA) is 57.7 Å². The molecule has 7 heteroatoms. The first-order valence-corrected chi connectivity index (χ1v) is 12.3. The van der Waals surface area contributed by atoms with Gasteiger partial charge >= 0.3 is 0 Å². The van der Waals surface area contributed by atoms with Gasteiger partial charge in [0.15, 0.2) is 0 Å². The lowest BCUT2D eigenvalue weighted by Crippen LogP contribution is -2.51. The lowest BCUT2D eigenvalue weighted by molar-refractivity contribution is -0.140. The molecule has 1 aliphatic heterocycles. The van der Waals surface area contributed by atoms with Crippen LogP contribution in [0.3, 0.4) is 0 Å². The minimum absolute atomic E-state index is 0.0241. The zero-order valence-electron chi connectivity index (χ0n) is 17.8. The number of carbonyl (C=O) groups excluding carboxylic acids is 3. The zero-order valence-corrected chi connectivity index (χ0v) is 20.1. The Morgan fingerprint density at radius 2 is 1.59 bits per heavy atom. The summed E-state index contributed by atoms with van der Waals surface area (Å²) >= 11 is 9.37. The van der Waals surface area contributed by atoms with Crippen molar-refractivity contribution in [2.45, 2.75) is 63.5 Å². The molecule has 1 aliphatic carbocycles. The Bertz CT molecular complexity index is 985. The van der Waals surface area contributed by atoms with E-state index in [0.717, 1.165) is 48.6 Å². The molecule has 2 aliphatic rings. The van der Waals surface area contributed by atoms with Crippen molar-refractivity contribution >= 4 is 50.9 Å². The smallest absolute Gasteiger partial charge is 0.257 e. The van der Waals surface area contributed by atoms with Crippen molar-refractivity contribution in [2.24, 2.45) is 0 Å². The monoisotopic (exact) mass is 516 g/mol. The third kappa shape index (κ3) is 5.07. The normalized spacial score (nSPS) is 19.8. The van der Waals surface area contributed by atoms with Crippen LogP contribution in [0.2, 0.25) is 5.02 Å². The van der Waals surface area contributed by atoms with Crippen molar-refractivity contribution < 1.29 is 14.4 Å². The Morgan fingerprint density at radius 3 is 2.22 bits per heavy atom. The van der Waals surface area contributed by atoms with Crippen molar-refractivity contribution in [3.63, 3.8) is 0 Å². The van der Waals surface area contributed by atoms with Gasteiger partial charge in [0.1, 0.15) is 6.04 Å². The minimum Gasteiger partial charge on any atom is -0.327 e. The van der Waals surface area contributed by atoms with E-state index in [4.69, 9.17) is 11.6 Å². The molecule has 1 atom stereocenters.